The van der Waals surface area contributed by atoms with Gasteiger partial charge >= 0.3 is 0 Å². The maximum atomic E-state index is 14.1. The van der Waals surface area contributed by atoms with Gasteiger partial charge in [-0.25, -0.2) is 8.42 Å². The Morgan fingerprint density at radius 1 is 1.03 bits per heavy atom. The second-order valence-corrected chi connectivity index (χ2v) is 12.2. The van der Waals surface area contributed by atoms with E-state index in [1.807, 2.05) is 67.4 Å². The fourth-order valence-corrected chi connectivity index (χ4v) is 6.97. The highest BCUT2D eigenvalue weighted by molar-refractivity contribution is 9.10. The van der Waals surface area contributed by atoms with Crippen molar-refractivity contribution in [2.24, 2.45) is 0 Å². The summed E-state index contributed by atoms with van der Waals surface area (Å²) in [4.78, 5) is 14.1. The molecule has 5 rings (SSSR count). The van der Waals surface area contributed by atoms with E-state index < -0.39 is 22.2 Å². The standard InChI is InChI=1S/C28H28BrN3O3S/c1-19(2)26-18-31(36(34,35)24-13-9-20(3)10-14-24)27-25-17-23(29)12-11-21(25)15-16-30(27)32(26)28(33)22-7-5-4-6-8-22/h4-14,17,26-27H,1,15-16,18H2,2-3H3/t26-,27+/m1/s1. The summed E-state index contributed by atoms with van der Waals surface area (Å²) in [6.07, 6.45) is 0.0276. The van der Waals surface area contributed by atoms with Crippen LogP contribution in [-0.2, 0) is 16.4 Å². The van der Waals surface area contributed by atoms with Crippen molar-refractivity contribution in [3.05, 3.63) is 112 Å². The summed E-state index contributed by atoms with van der Waals surface area (Å²) in [7, 11) is -3.89. The lowest BCUT2D eigenvalue weighted by Crippen LogP contribution is -2.67. The molecule has 0 saturated carbocycles. The lowest BCUT2D eigenvalue weighted by atomic mass is 9.95. The first-order chi connectivity index (χ1) is 17.2. The molecule has 0 bridgehead atoms. The Hall–Kier alpha value is -2.78. The van der Waals surface area contributed by atoms with E-state index in [0.717, 1.165) is 26.7 Å². The molecule has 1 amide bonds. The van der Waals surface area contributed by atoms with Gasteiger partial charge in [0.25, 0.3) is 5.91 Å². The first-order valence-corrected chi connectivity index (χ1v) is 14.1. The van der Waals surface area contributed by atoms with Crippen LogP contribution in [0.15, 0.2) is 94.3 Å². The van der Waals surface area contributed by atoms with E-state index in [0.29, 0.717) is 18.5 Å². The van der Waals surface area contributed by atoms with Crippen molar-refractivity contribution in [3.63, 3.8) is 0 Å². The highest BCUT2D eigenvalue weighted by Gasteiger charge is 2.50. The van der Waals surface area contributed by atoms with Crippen LogP contribution in [0.2, 0.25) is 0 Å². The predicted octanol–water partition coefficient (Wildman–Crippen LogP) is 5.32. The Bertz CT molecular complexity index is 1420. The number of hydrogen-bond acceptors (Lipinski definition) is 4. The molecule has 3 aromatic rings. The maximum Gasteiger partial charge on any atom is 0.268 e. The van der Waals surface area contributed by atoms with Crippen LogP contribution in [-0.4, -0.2) is 47.8 Å². The van der Waals surface area contributed by atoms with Crippen molar-refractivity contribution in [2.45, 2.75) is 37.4 Å². The number of sulfonamides is 1. The number of halogens is 1. The first-order valence-electron chi connectivity index (χ1n) is 11.9. The molecule has 0 aliphatic carbocycles. The molecule has 0 spiro atoms. The third-order valence-electron chi connectivity index (χ3n) is 6.90. The van der Waals surface area contributed by atoms with Gasteiger partial charge in [-0.05, 0) is 67.8 Å². The quantitative estimate of drug-likeness (QED) is 0.401. The fourth-order valence-electron chi connectivity index (χ4n) is 5.02. The molecule has 2 heterocycles. The molecule has 186 valence electrons. The minimum atomic E-state index is -3.89. The number of fused-ring (bicyclic) bond motifs is 3. The van der Waals surface area contributed by atoms with E-state index in [2.05, 4.69) is 22.5 Å². The second-order valence-electron chi connectivity index (χ2n) is 9.40. The van der Waals surface area contributed by atoms with Crippen LogP contribution in [0, 0.1) is 6.92 Å². The number of amides is 1. The Balaban J connectivity index is 1.68. The smallest absolute Gasteiger partial charge is 0.268 e. The molecule has 8 heteroatoms. The van der Waals surface area contributed by atoms with Crippen LogP contribution in [0.3, 0.4) is 0 Å². The molecular formula is C28H28BrN3O3S. The van der Waals surface area contributed by atoms with E-state index >= 15 is 0 Å². The van der Waals surface area contributed by atoms with Crippen LogP contribution in [0.25, 0.3) is 0 Å². The number of benzene rings is 3. The van der Waals surface area contributed by atoms with Crippen molar-refractivity contribution >= 4 is 31.9 Å². The van der Waals surface area contributed by atoms with Crippen molar-refractivity contribution in [3.8, 4) is 0 Å². The Morgan fingerprint density at radius 2 is 1.72 bits per heavy atom. The van der Waals surface area contributed by atoms with Crippen LogP contribution in [0.1, 0.15) is 40.1 Å². The number of rotatable bonds is 4. The summed E-state index contributed by atoms with van der Waals surface area (Å²) in [5, 5.41) is 3.64. The van der Waals surface area contributed by atoms with E-state index in [1.54, 1.807) is 29.3 Å². The molecule has 3 aromatic carbocycles. The topological polar surface area (TPSA) is 60.9 Å². The zero-order valence-corrected chi connectivity index (χ0v) is 22.7. The van der Waals surface area contributed by atoms with Crippen molar-refractivity contribution in [1.29, 1.82) is 0 Å². The van der Waals surface area contributed by atoms with Crippen LogP contribution >= 0.6 is 15.9 Å². The lowest BCUT2D eigenvalue weighted by Gasteiger charge is -2.55. The zero-order chi connectivity index (χ0) is 25.6. The number of carbonyl (C=O) groups is 1. The summed E-state index contributed by atoms with van der Waals surface area (Å²) >= 11 is 3.56. The average molecular weight is 567 g/mol. The molecule has 0 aromatic heterocycles. The molecule has 1 fully saturated rings. The third-order valence-corrected chi connectivity index (χ3v) is 9.23. The number of nitrogens with zero attached hydrogens (tertiary/aromatic N) is 3. The first kappa shape index (κ1) is 24.9. The molecule has 2 atom stereocenters. The van der Waals surface area contributed by atoms with Gasteiger partial charge in [-0.15, -0.1) is 0 Å². The Morgan fingerprint density at radius 3 is 2.39 bits per heavy atom. The minimum absolute atomic E-state index is 0.108. The summed E-state index contributed by atoms with van der Waals surface area (Å²) in [5.74, 6) is -0.167. The highest BCUT2D eigenvalue weighted by Crippen LogP contribution is 2.43. The van der Waals surface area contributed by atoms with Gasteiger partial charge in [-0.3, -0.25) is 9.80 Å². The van der Waals surface area contributed by atoms with Crippen molar-refractivity contribution < 1.29 is 13.2 Å². The van der Waals surface area contributed by atoms with Crippen LogP contribution in [0.5, 0.6) is 0 Å². The third kappa shape index (κ3) is 4.32. The normalized spacial score (nSPS) is 20.5. The SMILES string of the molecule is C=C(C)[C@H]1CN(S(=O)(=O)c2ccc(C)cc2)[C@H]2c3cc(Br)ccc3CCN2N1C(=O)c1ccccc1. The summed E-state index contributed by atoms with van der Waals surface area (Å²) in [6, 6.07) is 21.5. The summed E-state index contributed by atoms with van der Waals surface area (Å²) in [5.41, 5.74) is 4.21. The van der Waals surface area contributed by atoms with Gasteiger partial charge in [0.1, 0.15) is 6.17 Å². The van der Waals surface area contributed by atoms with Gasteiger partial charge in [-0.1, -0.05) is 70.0 Å². The largest absolute Gasteiger partial charge is 0.268 e. The highest BCUT2D eigenvalue weighted by atomic mass is 79.9. The van der Waals surface area contributed by atoms with Crippen LogP contribution < -0.4 is 0 Å². The number of hydrogen-bond donors (Lipinski definition) is 0. The fraction of sp³-hybridized carbons (Fsp3) is 0.250. The molecular weight excluding hydrogens is 538 g/mol. The molecule has 1 saturated heterocycles. The summed E-state index contributed by atoms with van der Waals surface area (Å²) < 4.78 is 30.6. The van der Waals surface area contributed by atoms with Gasteiger partial charge in [0.15, 0.2) is 0 Å². The van der Waals surface area contributed by atoms with Crippen molar-refractivity contribution in [1.82, 2.24) is 14.3 Å². The summed E-state index contributed by atoms with van der Waals surface area (Å²) in [6.45, 7) is 8.54. The van der Waals surface area contributed by atoms with E-state index in [1.165, 1.54) is 4.31 Å². The lowest BCUT2D eigenvalue weighted by molar-refractivity contribution is -0.129. The van der Waals surface area contributed by atoms with Gasteiger partial charge in [0.05, 0.1) is 10.9 Å². The zero-order valence-electron chi connectivity index (χ0n) is 20.3. The number of hydrazine groups is 1. The van der Waals surface area contributed by atoms with Crippen molar-refractivity contribution in [2.75, 3.05) is 13.1 Å². The second kappa shape index (κ2) is 9.59. The maximum absolute atomic E-state index is 14.1. The molecule has 6 nitrogen and oxygen atoms in total. The van der Waals surface area contributed by atoms with E-state index in [9.17, 15) is 13.2 Å². The average Bonchev–Trinajstić information content (AvgIpc) is 2.87. The molecule has 0 radical (unpaired) electrons. The van der Waals surface area contributed by atoms with Gasteiger partial charge in [-0.2, -0.15) is 9.31 Å². The monoisotopic (exact) mass is 565 g/mol. The van der Waals surface area contributed by atoms with Crippen LogP contribution in [0.4, 0.5) is 0 Å². The van der Waals surface area contributed by atoms with Gasteiger partial charge in [0.2, 0.25) is 10.0 Å². The molecule has 2 aliphatic rings. The van der Waals surface area contributed by atoms with Gasteiger partial charge < -0.3 is 0 Å². The molecule has 0 unspecified atom stereocenters. The van der Waals surface area contributed by atoms with Gasteiger partial charge in [0, 0.05) is 23.1 Å². The Labute approximate surface area is 221 Å². The Kier molecular flexibility index (Phi) is 6.63. The minimum Gasteiger partial charge on any atom is -0.268 e. The van der Waals surface area contributed by atoms with E-state index in [4.69, 9.17) is 0 Å². The molecule has 0 N–H and O–H groups in total. The number of aryl methyl sites for hydroxylation is 1. The molecule has 2 aliphatic heterocycles. The predicted molar refractivity (Wildman–Crippen MR) is 144 cm³/mol. The number of carbonyl (C=O) groups excluding carboxylic acids is 1. The van der Waals surface area contributed by atoms with E-state index in [-0.39, 0.29) is 17.3 Å². The molecule has 36 heavy (non-hydrogen) atoms.